The molecule has 74 valence electrons. The van der Waals surface area contributed by atoms with E-state index in [0.29, 0.717) is 22.1 Å². The van der Waals surface area contributed by atoms with Crippen LogP contribution >= 0.6 is 15.9 Å². The highest BCUT2D eigenvalue weighted by Crippen LogP contribution is 2.24. The SMILES string of the molecule is COC(=O)c1c(Br)cccc1NC=O. The number of hydrogen-bond donors (Lipinski definition) is 1. The van der Waals surface area contributed by atoms with Crippen LogP contribution in [-0.4, -0.2) is 19.5 Å². The lowest BCUT2D eigenvalue weighted by molar-refractivity contribution is -0.105. The number of carbonyl (C=O) groups excluding carboxylic acids is 2. The minimum atomic E-state index is -0.498. The molecule has 0 aliphatic heterocycles. The maximum atomic E-state index is 11.3. The first-order valence-electron chi connectivity index (χ1n) is 3.77. The van der Waals surface area contributed by atoms with E-state index in [1.54, 1.807) is 18.2 Å². The molecular weight excluding hydrogens is 250 g/mol. The number of halogens is 1. The molecule has 1 aromatic rings. The molecule has 1 amide bonds. The molecule has 1 aromatic carbocycles. The van der Waals surface area contributed by atoms with Crippen molar-refractivity contribution in [3.05, 3.63) is 28.2 Å². The smallest absolute Gasteiger partial charge is 0.341 e. The van der Waals surface area contributed by atoms with Crippen molar-refractivity contribution in [1.29, 1.82) is 0 Å². The number of amides is 1. The number of methoxy groups -OCH3 is 1. The van der Waals surface area contributed by atoms with Crippen LogP contribution in [0.1, 0.15) is 10.4 Å². The van der Waals surface area contributed by atoms with Gasteiger partial charge in [-0.25, -0.2) is 4.79 Å². The summed E-state index contributed by atoms with van der Waals surface area (Å²) in [6.45, 7) is 0. The molecule has 4 nitrogen and oxygen atoms in total. The van der Waals surface area contributed by atoms with Crippen LogP contribution in [0.25, 0.3) is 0 Å². The lowest BCUT2D eigenvalue weighted by Crippen LogP contribution is -2.07. The van der Waals surface area contributed by atoms with Crippen LogP contribution in [0.15, 0.2) is 22.7 Å². The second kappa shape index (κ2) is 4.76. The quantitative estimate of drug-likeness (QED) is 0.664. The van der Waals surface area contributed by atoms with Crippen molar-refractivity contribution in [2.75, 3.05) is 12.4 Å². The fourth-order valence-corrected chi connectivity index (χ4v) is 1.55. The fraction of sp³-hybridized carbons (Fsp3) is 0.111. The Bertz CT molecular complexity index is 365. The lowest BCUT2D eigenvalue weighted by atomic mass is 10.2. The molecule has 0 spiro atoms. The van der Waals surface area contributed by atoms with E-state index in [4.69, 9.17) is 0 Å². The Morgan fingerprint density at radius 1 is 1.57 bits per heavy atom. The van der Waals surface area contributed by atoms with Crippen molar-refractivity contribution in [3.8, 4) is 0 Å². The third kappa shape index (κ3) is 2.11. The number of esters is 1. The first-order valence-corrected chi connectivity index (χ1v) is 4.57. The van der Waals surface area contributed by atoms with E-state index in [-0.39, 0.29) is 0 Å². The van der Waals surface area contributed by atoms with E-state index in [1.165, 1.54) is 7.11 Å². The molecule has 0 saturated carbocycles. The number of ether oxygens (including phenoxy) is 1. The summed E-state index contributed by atoms with van der Waals surface area (Å²) >= 11 is 3.20. The molecule has 0 aliphatic carbocycles. The van der Waals surface area contributed by atoms with E-state index >= 15 is 0 Å². The Kier molecular flexibility index (Phi) is 3.64. The standard InChI is InChI=1S/C9H8BrNO3/c1-14-9(13)8-6(10)3-2-4-7(8)11-5-12/h2-5H,1H3,(H,11,12). The van der Waals surface area contributed by atoms with E-state index in [1.807, 2.05) is 0 Å². The first kappa shape index (κ1) is 10.7. The van der Waals surface area contributed by atoms with Gasteiger partial charge in [-0.05, 0) is 28.1 Å². The predicted molar refractivity (Wildman–Crippen MR) is 55.2 cm³/mol. The summed E-state index contributed by atoms with van der Waals surface area (Å²) in [5.41, 5.74) is 0.725. The number of benzene rings is 1. The van der Waals surface area contributed by atoms with Crippen LogP contribution in [0.2, 0.25) is 0 Å². The maximum Gasteiger partial charge on any atom is 0.341 e. The van der Waals surface area contributed by atoms with Gasteiger partial charge in [0.1, 0.15) is 0 Å². The van der Waals surface area contributed by atoms with Gasteiger partial charge in [-0.3, -0.25) is 4.79 Å². The van der Waals surface area contributed by atoms with Crippen LogP contribution in [-0.2, 0) is 9.53 Å². The highest BCUT2D eigenvalue weighted by Gasteiger charge is 2.14. The average Bonchev–Trinajstić information content (AvgIpc) is 2.18. The molecule has 0 bridgehead atoms. The highest BCUT2D eigenvalue weighted by molar-refractivity contribution is 9.10. The minimum absolute atomic E-state index is 0.308. The van der Waals surface area contributed by atoms with Gasteiger partial charge in [-0.15, -0.1) is 0 Å². The molecule has 0 unspecified atom stereocenters. The summed E-state index contributed by atoms with van der Waals surface area (Å²) in [5.74, 6) is -0.498. The Labute approximate surface area is 89.4 Å². The average molecular weight is 258 g/mol. The molecule has 0 aliphatic rings. The number of carbonyl (C=O) groups is 2. The second-order valence-electron chi connectivity index (χ2n) is 2.42. The van der Waals surface area contributed by atoms with Gasteiger partial charge in [0.2, 0.25) is 6.41 Å². The van der Waals surface area contributed by atoms with Crippen LogP contribution in [0, 0.1) is 0 Å². The molecule has 0 radical (unpaired) electrons. The summed E-state index contributed by atoms with van der Waals surface area (Å²) in [6.07, 6.45) is 0.508. The van der Waals surface area contributed by atoms with Crippen molar-refractivity contribution in [2.24, 2.45) is 0 Å². The number of rotatable bonds is 3. The van der Waals surface area contributed by atoms with Crippen molar-refractivity contribution in [2.45, 2.75) is 0 Å². The van der Waals surface area contributed by atoms with Crippen molar-refractivity contribution >= 4 is 34.0 Å². The number of anilines is 1. The zero-order valence-electron chi connectivity index (χ0n) is 7.41. The summed E-state index contributed by atoms with van der Waals surface area (Å²) in [4.78, 5) is 21.6. The first-order chi connectivity index (χ1) is 6.70. The second-order valence-corrected chi connectivity index (χ2v) is 3.27. The Morgan fingerprint density at radius 2 is 2.29 bits per heavy atom. The highest BCUT2D eigenvalue weighted by atomic mass is 79.9. The molecule has 0 aromatic heterocycles. The lowest BCUT2D eigenvalue weighted by Gasteiger charge is -2.07. The Hall–Kier alpha value is -1.36. The summed E-state index contributed by atoms with van der Waals surface area (Å²) in [5, 5.41) is 2.42. The van der Waals surface area contributed by atoms with E-state index in [0.717, 1.165) is 0 Å². The summed E-state index contributed by atoms with van der Waals surface area (Å²) < 4.78 is 5.16. The largest absolute Gasteiger partial charge is 0.465 e. The van der Waals surface area contributed by atoms with Gasteiger partial charge in [0.25, 0.3) is 0 Å². The van der Waals surface area contributed by atoms with Gasteiger partial charge in [-0.2, -0.15) is 0 Å². The molecule has 1 N–H and O–H groups in total. The Balaban J connectivity index is 3.21. The summed E-state index contributed by atoms with van der Waals surface area (Å²) in [6, 6.07) is 5.02. The normalized spacial score (nSPS) is 9.29. The van der Waals surface area contributed by atoms with Gasteiger partial charge in [0.15, 0.2) is 0 Å². The van der Waals surface area contributed by atoms with Gasteiger partial charge in [0.05, 0.1) is 18.4 Å². The zero-order chi connectivity index (χ0) is 10.6. The molecule has 14 heavy (non-hydrogen) atoms. The maximum absolute atomic E-state index is 11.3. The van der Waals surface area contributed by atoms with Crippen LogP contribution in [0.4, 0.5) is 5.69 Å². The monoisotopic (exact) mass is 257 g/mol. The number of hydrogen-bond acceptors (Lipinski definition) is 3. The number of nitrogens with one attached hydrogen (secondary N) is 1. The third-order valence-electron chi connectivity index (χ3n) is 1.62. The van der Waals surface area contributed by atoms with Crippen molar-refractivity contribution < 1.29 is 14.3 Å². The third-order valence-corrected chi connectivity index (χ3v) is 2.28. The topological polar surface area (TPSA) is 55.4 Å². The molecule has 0 atom stereocenters. The zero-order valence-corrected chi connectivity index (χ0v) is 9.00. The van der Waals surface area contributed by atoms with E-state index < -0.39 is 5.97 Å². The van der Waals surface area contributed by atoms with E-state index in [9.17, 15) is 9.59 Å². The van der Waals surface area contributed by atoms with Crippen LogP contribution in [0.5, 0.6) is 0 Å². The molecule has 1 rings (SSSR count). The molecule has 0 saturated heterocycles. The van der Waals surface area contributed by atoms with Gasteiger partial charge < -0.3 is 10.1 Å². The van der Waals surface area contributed by atoms with Crippen LogP contribution < -0.4 is 5.32 Å². The Morgan fingerprint density at radius 3 is 2.86 bits per heavy atom. The minimum Gasteiger partial charge on any atom is -0.465 e. The molecule has 0 fully saturated rings. The fourth-order valence-electron chi connectivity index (χ4n) is 1.02. The van der Waals surface area contributed by atoms with Crippen molar-refractivity contribution in [3.63, 3.8) is 0 Å². The predicted octanol–water partition coefficient (Wildman–Crippen LogP) is 1.80. The molecule has 5 heteroatoms. The van der Waals surface area contributed by atoms with E-state index in [2.05, 4.69) is 26.0 Å². The molecular formula is C9H8BrNO3. The van der Waals surface area contributed by atoms with Gasteiger partial charge in [0, 0.05) is 4.47 Å². The van der Waals surface area contributed by atoms with Gasteiger partial charge >= 0.3 is 5.97 Å². The summed E-state index contributed by atoms with van der Waals surface area (Å²) in [7, 11) is 1.28. The molecule has 0 heterocycles. The van der Waals surface area contributed by atoms with Gasteiger partial charge in [-0.1, -0.05) is 6.07 Å². The van der Waals surface area contributed by atoms with Crippen LogP contribution in [0.3, 0.4) is 0 Å². The van der Waals surface area contributed by atoms with Crippen molar-refractivity contribution in [1.82, 2.24) is 0 Å².